The monoisotopic (exact) mass is 248 g/mol. The van der Waals surface area contributed by atoms with Crippen LogP contribution in [0.15, 0.2) is 36.4 Å². The van der Waals surface area contributed by atoms with Crippen molar-refractivity contribution in [3.8, 4) is 0 Å². The molecular weight excluding hydrogens is 234 g/mol. The number of aliphatic hydroxyl groups is 1. The molecule has 0 aliphatic rings. The quantitative estimate of drug-likeness (QED) is 0.859. The van der Waals surface area contributed by atoms with Crippen LogP contribution in [0.25, 0.3) is 0 Å². The summed E-state index contributed by atoms with van der Waals surface area (Å²) in [7, 11) is 0. The molecule has 18 heavy (non-hydrogen) atoms. The smallest absolute Gasteiger partial charge is 0.132 e. The maximum atomic E-state index is 13.6. The molecule has 94 valence electrons. The SMILES string of the molecule is Cc1ccc(C)c(C(O)c2ccc(F)cc2F)c1. The van der Waals surface area contributed by atoms with Crippen LogP contribution in [0.2, 0.25) is 0 Å². The van der Waals surface area contributed by atoms with E-state index < -0.39 is 17.7 Å². The molecule has 1 atom stereocenters. The van der Waals surface area contributed by atoms with Gasteiger partial charge in [-0.2, -0.15) is 0 Å². The second kappa shape index (κ2) is 4.86. The first-order chi connectivity index (χ1) is 8.49. The van der Waals surface area contributed by atoms with Crippen molar-refractivity contribution in [3.05, 3.63) is 70.3 Å². The summed E-state index contributed by atoms with van der Waals surface area (Å²) in [5, 5.41) is 10.2. The van der Waals surface area contributed by atoms with E-state index in [1.807, 2.05) is 32.0 Å². The van der Waals surface area contributed by atoms with Crippen molar-refractivity contribution >= 4 is 0 Å². The molecule has 0 fully saturated rings. The van der Waals surface area contributed by atoms with Crippen molar-refractivity contribution in [2.45, 2.75) is 20.0 Å². The standard InChI is InChI=1S/C15H14F2O/c1-9-3-4-10(2)13(7-9)15(18)12-6-5-11(16)8-14(12)17/h3-8,15,18H,1-2H3. The van der Waals surface area contributed by atoms with Gasteiger partial charge in [-0.15, -0.1) is 0 Å². The number of aliphatic hydroxyl groups excluding tert-OH is 1. The predicted octanol–water partition coefficient (Wildman–Crippen LogP) is 3.66. The van der Waals surface area contributed by atoms with E-state index in [4.69, 9.17) is 0 Å². The van der Waals surface area contributed by atoms with Crippen molar-refractivity contribution in [2.24, 2.45) is 0 Å². The maximum Gasteiger partial charge on any atom is 0.132 e. The first-order valence-electron chi connectivity index (χ1n) is 5.69. The lowest BCUT2D eigenvalue weighted by Gasteiger charge is -2.15. The lowest BCUT2D eigenvalue weighted by molar-refractivity contribution is 0.214. The van der Waals surface area contributed by atoms with Crippen LogP contribution >= 0.6 is 0 Å². The summed E-state index contributed by atoms with van der Waals surface area (Å²) in [5.74, 6) is -1.38. The van der Waals surface area contributed by atoms with Gasteiger partial charge in [-0.3, -0.25) is 0 Å². The van der Waals surface area contributed by atoms with E-state index in [9.17, 15) is 13.9 Å². The van der Waals surface area contributed by atoms with Crippen LogP contribution in [0.3, 0.4) is 0 Å². The van der Waals surface area contributed by atoms with Gasteiger partial charge in [0.2, 0.25) is 0 Å². The second-order valence-corrected chi connectivity index (χ2v) is 4.43. The summed E-state index contributed by atoms with van der Waals surface area (Å²) in [6.45, 7) is 3.75. The van der Waals surface area contributed by atoms with Gasteiger partial charge in [-0.05, 0) is 31.0 Å². The van der Waals surface area contributed by atoms with Crippen LogP contribution in [-0.2, 0) is 0 Å². The van der Waals surface area contributed by atoms with Gasteiger partial charge in [0.15, 0.2) is 0 Å². The van der Waals surface area contributed by atoms with E-state index in [1.165, 1.54) is 6.07 Å². The molecule has 0 bridgehead atoms. The first kappa shape index (κ1) is 12.7. The van der Waals surface area contributed by atoms with Gasteiger partial charge >= 0.3 is 0 Å². The van der Waals surface area contributed by atoms with E-state index in [-0.39, 0.29) is 5.56 Å². The third-order valence-corrected chi connectivity index (χ3v) is 2.99. The molecule has 0 aromatic heterocycles. The molecule has 0 radical (unpaired) electrons. The number of hydrogen-bond donors (Lipinski definition) is 1. The predicted molar refractivity (Wildman–Crippen MR) is 66.3 cm³/mol. The highest BCUT2D eigenvalue weighted by atomic mass is 19.1. The Hall–Kier alpha value is -1.74. The molecule has 0 saturated heterocycles. The van der Waals surface area contributed by atoms with Gasteiger partial charge in [0, 0.05) is 11.6 Å². The summed E-state index contributed by atoms with van der Waals surface area (Å²) in [6, 6.07) is 8.80. The maximum absolute atomic E-state index is 13.6. The van der Waals surface area contributed by atoms with Gasteiger partial charge in [0.05, 0.1) is 0 Å². The fourth-order valence-electron chi connectivity index (χ4n) is 1.95. The molecule has 0 aliphatic carbocycles. The molecule has 1 N–H and O–H groups in total. The molecule has 1 nitrogen and oxygen atoms in total. The first-order valence-corrected chi connectivity index (χ1v) is 5.69. The Labute approximate surface area is 105 Å². The van der Waals surface area contributed by atoms with Crippen molar-refractivity contribution in [3.63, 3.8) is 0 Å². The fourth-order valence-corrected chi connectivity index (χ4v) is 1.95. The molecule has 2 rings (SSSR count). The topological polar surface area (TPSA) is 20.2 Å². The van der Waals surface area contributed by atoms with E-state index in [0.717, 1.165) is 23.3 Å². The van der Waals surface area contributed by atoms with Crippen LogP contribution in [0.5, 0.6) is 0 Å². The Morgan fingerprint density at radius 2 is 1.67 bits per heavy atom. The minimum Gasteiger partial charge on any atom is -0.384 e. The Balaban J connectivity index is 2.47. The lowest BCUT2D eigenvalue weighted by Crippen LogP contribution is -2.05. The van der Waals surface area contributed by atoms with Crippen molar-refractivity contribution in [2.75, 3.05) is 0 Å². The molecule has 0 heterocycles. The third-order valence-electron chi connectivity index (χ3n) is 2.99. The highest BCUT2D eigenvalue weighted by molar-refractivity contribution is 5.38. The highest BCUT2D eigenvalue weighted by Crippen LogP contribution is 2.27. The zero-order valence-corrected chi connectivity index (χ0v) is 10.2. The molecule has 2 aromatic carbocycles. The number of halogens is 2. The molecule has 2 aromatic rings. The van der Waals surface area contributed by atoms with E-state index in [1.54, 1.807) is 0 Å². The Morgan fingerprint density at radius 3 is 2.33 bits per heavy atom. The van der Waals surface area contributed by atoms with Gasteiger partial charge in [0.25, 0.3) is 0 Å². The molecular formula is C15H14F2O. The van der Waals surface area contributed by atoms with Crippen molar-refractivity contribution < 1.29 is 13.9 Å². The summed E-state index contributed by atoms with van der Waals surface area (Å²) in [5.41, 5.74) is 2.58. The van der Waals surface area contributed by atoms with Gasteiger partial charge < -0.3 is 5.11 Å². The van der Waals surface area contributed by atoms with Crippen LogP contribution < -0.4 is 0 Å². The van der Waals surface area contributed by atoms with Gasteiger partial charge in [-0.25, -0.2) is 8.78 Å². The minimum atomic E-state index is -1.08. The van der Waals surface area contributed by atoms with Gasteiger partial charge in [0.1, 0.15) is 17.7 Å². The summed E-state index contributed by atoms with van der Waals surface area (Å²) >= 11 is 0. The average Bonchev–Trinajstić information content (AvgIpc) is 2.31. The Bertz CT molecular complexity index is 579. The van der Waals surface area contributed by atoms with Gasteiger partial charge in [-0.1, -0.05) is 29.8 Å². The molecule has 0 spiro atoms. The van der Waals surface area contributed by atoms with E-state index in [0.29, 0.717) is 5.56 Å². The lowest BCUT2D eigenvalue weighted by atomic mass is 9.95. The Morgan fingerprint density at radius 1 is 0.944 bits per heavy atom. The average molecular weight is 248 g/mol. The number of rotatable bonds is 2. The summed E-state index contributed by atoms with van der Waals surface area (Å²) in [4.78, 5) is 0. The molecule has 1 unspecified atom stereocenters. The molecule has 0 saturated carbocycles. The number of hydrogen-bond acceptors (Lipinski definition) is 1. The Kier molecular flexibility index (Phi) is 3.43. The van der Waals surface area contributed by atoms with Crippen LogP contribution in [0.4, 0.5) is 8.78 Å². The van der Waals surface area contributed by atoms with Crippen molar-refractivity contribution in [1.82, 2.24) is 0 Å². The zero-order valence-electron chi connectivity index (χ0n) is 10.2. The molecule has 3 heteroatoms. The fraction of sp³-hybridized carbons (Fsp3) is 0.200. The van der Waals surface area contributed by atoms with E-state index in [2.05, 4.69) is 0 Å². The van der Waals surface area contributed by atoms with Crippen LogP contribution in [-0.4, -0.2) is 5.11 Å². The zero-order chi connectivity index (χ0) is 13.3. The van der Waals surface area contributed by atoms with Crippen LogP contribution in [0.1, 0.15) is 28.4 Å². The summed E-state index contributed by atoms with van der Waals surface area (Å²) < 4.78 is 26.5. The third kappa shape index (κ3) is 2.41. The number of aryl methyl sites for hydroxylation is 2. The second-order valence-electron chi connectivity index (χ2n) is 4.43. The highest BCUT2D eigenvalue weighted by Gasteiger charge is 2.17. The molecule has 0 aliphatic heterocycles. The van der Waals surface area contributed by atoms with Crippen LogP contribution in [0, 0.1) is 25.5 Å². The summed E-state index contributed by atoms with van der Waals surface area (Å²) in [6.07, 6.45) is -1.08. The van der Waals surface area contributed by atoms with Crippen molar-refractivity contribution in [1.29, 1.82) is 0 Å². The number of benzene rings is 2. The van der Waals surface area contributed by atoms with E-state index >= 15 is 0 Å². The normalized spacial score (nSPS) is 12.5. The largest absolute Gasteiger partial charge is 0.384 e. The minimum absolute atomic E-state index is 0.0881. The molecule has 0 amide bonds.